The normalized spacial score (nSPS) is 44.9. The summed E-state index contributed by atoms with van der Waals surface area (Å²) in [5, 5.41) is 0. The van der Waals surface area contributed by atoms with E-state index in [0.717, 1.165) is 12.8 Å². The first kappa shape index (κ1) is 7.22. The first-order valence-corrected chi connectivity index (χ1v) is 5.17. The fraction of sp³-hybridized carbons (Fsp3) is 1.00. The molecule has 1 N–H and O–H groups in total. The van der Waals surface area contributed by atoms with E-state index < -0.39 is 10.2 Å². The van der Waals surface area contributed by atoms with Crippen molar-refractivity contribution in [3.63, 3.8) is 0 Å². The van der Waals surface area contributed by atoms with Crippen molar-refractivity contribution < 1.29 is 8.76 Å². The highest BCUT2D eigenvalue weighted by atomic mass is 32.3. The van der Waals surface area contributed by atoms with Crippen LogP contribution in [0.25, 0.3) is 0 Å². The smallest absolute Gasteiger partial charge is 0.188 e. The molecule has 2 nitrogen and oxygen atoms in total. The molecular formula is C6H13O2S+. The van der Waals surface area contributed by atoms with Crippen molar-refractivity contribution in [2.75, 3.05) is 11.5 Å². The van der Waals surface area contributed by atoms with E-state index in [1.165, 1.54) is 0 Å². The van der Waals surface area contributed by atoms with E-state index in [9.17, 15) is 4.21 Å². The van der Waals surface area contributed by atoms with Crippen molar-refractivity contribution >= 4 is 10.2 Å². The van der Waals surface area contributed by atoms with Crippen LogP contribution in [0.1, 0.15) is 19.8 Å². The Morgan fingerprint density at radius 1 is 1.67 bits per heavy atom. The van der Waals surface area contributed by atoms with Crippen molar-refractivity contribution in [2.24, 2.45) is 5.92 Å². The van der Waals surface area contributed by atoms with Crippen LogP contribution in [0.3, 0.4) is 0 Å². The highest BCUT2D eigenvalue weighted by molar-refractivity contribution is 7.97. The van der Waals surface area contributed by atoms with Gasteiger partial charge in [-0.15, -0.1) is 0 Å². The van der Waals surface area contributed by atoms with Crippen molar-refractivity contribution in [1.82, 2.24) is 0 Å². The van der Waals surface area contributed by atoms with Crippen LogP contribution in [0.15, 0.2) is 0 Å². The largest absolute Gasteiger partial charge is 0.214 e. The topological polar surface area (TPSA) is 37.3 Å². The predicted octanol–water partition coefficient (Wildman–Crippen LogP) is 1.39. The molecule has 0 saturated carbocycles. The van der Waals surface area contributed by atoms with Gasteiger partial charge in [-0.3, -0.25) is 0 Å². The molecule has 0 amide bonds. The minimum absolute atomic E-state index is 0.455. The first-order chi connectivity index (χ1) is 4.10. The maximum Gasteiger partial charge on any atom is 0.214 e. The van der Waals surface area contributed by atoms with Gasteiger partial charge in [0.15, 0.2) is 0 Å². The summed E-state index contributed by atoms with van der Waals surface area (Å²) >= 11 is 0. The highest BCUT2D eigenvalue weighted by Crippen LogP contribution is 2.20. The molecule has 54 valence electrons. The van der Waals surface area contributed by atoms with Crippen molar-refractivity contribution in [1.29, 1.82) is 0 Å². The van der Waals surface area contributed by atoms with E-state index >= 15 is 0 Å². The summed E-state index contributed by atoms with van der Waals surface area (Å²) < 4.78 is 20.0. The summed E-state index contributed by atoms with van der Waals surface area (Å²) in [5.74, 6) is 1.50. The van der Waals surface area contributed by atoms with E-state index in [0.29, 0.717) is 17.4 Å². The van der Waals surface area contributed by atoms with E-state index in [2.05, 4.69) is 0 Å². The Morgan fingerprint density at radius 2 is 2.33 bits per heavy atom. The molecule has 1 aliphatic heterocycles. The third kappa shape index (κ3) is 2.06. The average molecular weight is 149 g/mol. The first-order valence-electron chi connectivity index (χ1n) is 3.32. The summed E-state index contributed by atoms with van der Waals surface area (Å²) in [5.41, 5.74) is 0. The zero-order chi connectivity index (χ0) is 6.91. The van der Waals surface area contributed by atoms with Gasteiger partial charge in [-0.25, -0.2) is 0 Å². The molecule has 0 radical (unpaired) electrons. The zero-order valence-corrected chi connectivity index (χ0v) is 6.49. The molecule has 1 saturated heterocycles. The molecule has 1 aliphatic rings. The fourth-order valence-electron chi connectivity index (χ4n) is 1.27. The quantitative estimate of drug-likeness (QED) is 0.528. The number of hydrogen-bond acceptors (Lipinski definition) is 1. The summed E-state index contributed by atoms with van der Waals surface area (Å²) in [6.45, 7) is 2.04. The maximum atomic E-state index is 11.0. The molecule has 1 heterocycles. The van der Waals surface area contributed by atoms with Crippen molar-refractivity contribution in [3.05, 3.63) is 0 Å². The van der Waals surface area contributed by atoms with Gasteiger partial charge >= 0.3 is 0 Å². The van der Waals surface area contributed by atoms with E-state index in [-0.39, 0.29) is 0 Å². The monoisotopic (exact) mass is 149 g/mol. The molecule has 1 fully saturated rings. The highest BCUT2D eigenvalue weighted by Gasteiger charge is 2.31. The van der Waals surface area contributed by atoms with Crippen molar-refractivity contribution in [3.8, 4) is 0 Å². The Balaban J connectivity index is 2.51. The van der Waals surface area contributed by atoms with Crippen LogP contribution in [0.5, 0.6) is 0 Å². The van der Waals surface area contributed by atoms with Gasteiger partial charge in [0.25, 0.3) is 0 Å². The van der Waals surface area contributed by atoms with Crippen LogP contribution in [0.2, 0.25) is 0 Å². The molecule has 0 bridgehead atoms. The Morgan fingerprint density at radius 3 is 2.67 bits per heavy atom. The summed E-state index contributed by atoms with van der Waals surface area (Å²) in [4.78, 5) is 0. The van der Waals surface area contributed by atoms with Crippen LogP contribution < -0.4 is 0 Å². The van der Waals surface area contributed by atoms with E-state index in [1.54, 1.807) is 0 Å². The van der Waals surface area contributed by atoms with Gasteiger partial charge in [-0.05, 0) is 12.8 Å². The number of hydrogen-bond donors (Lipinski definition) is 1. The van der Waals surface area contributed by atoms with Crippen LogP contribution in [-0.4, -0.2) is 16.1 Å². The van der Waals surface area contributed by atoms with Crippen LogP contribution in [0.4, 0.5) is 0 Å². The standard InChI is InChI=1S/C6H12O2S/c1-6-3-2-4-9(7,8)5-6/h6H,2-5H2,1H3/p+1. The Labute approximate surface area is 56.9 Å². The second-order valence-corrected chi connectivity index (χ2v) is 5.18. The Hall–Kier alpha value is 0.110. The lowest BCUT2D eigenvalue weighted by molar-refractivity contribution is 0.453. The summed E-state index contributed by atoms with van der Waals surface area (Å²) in [7, 11) is -2.38. The minimum Gasteiger partial charge on any atom is -0.188 e. The molecule has 0 aromatic rings. The van der Waals surface area contributed by atoms with Crippen LogP contribution >= 0.6 is 0 Å². The molecule has 0 aliphatic carbocycles. The zero-order valence-electron chi connectivity index (χ0n) is 5.67. The van der Waals surface area contributed by atoms with Crippen molar-refractivity contribution in [2.45, 2.75) is 19.8 Å². The lowest BCUT2D eigenvalue weighted by atomic mass is 10.1. The molecule has 2 unspecified atom stereocenters. The van der Waals surface area contributed by atoms with Gasteiger partial charge < -0.3 is 0 Å². The summed E-state index contributed by atoms with van der Waals surface area (Å²) in [6, 6.07) is 0. The van der Waals surface area contributed by atoms with Gasteiger partial charge in [-0.2, -0.15) is 4.55 Å². The minimum atomic E-state index is -2.38. The lowest BCUT2D eigenvalue weighted by Gasteiger charge is -2.16. The Bertz CT molecular complexity index is 144. The Kier molecular flexibility index (Phi) is 1.91. The van der Waals surface area contributed by atoms with Gasteiger partial charge in [0.1, 0.15) is 11.5 Å². The van der Waals surface area contributed by atoms with Gasteiger partial charge in [0.2, 0.25) is 10.2 Å². The molecule has 3 heteroatoms. The summed E-state index contributed by atoms with van der Waals surface area (Å²) in [6.07, 6.45) is 2.05. The maximum absolute atomic E-state index is 11.0. The second-order valence-electron chi connectivity index (χ2n) is 2.89. The third-order valence-corrected chi connectivity index (χ3v) is 3.72. The van der Waals surface area contributed by atoms with E-state index in [4.69, 9.17) is 4.55 Å². The third-order valence-electron chi connectivity index (χ3n) is 1.71. The molecule has 0 aromatic heterocycles. The molecule has 1 rings (SSSR count). The lowest BCUT2D eigenvalue weighted by Crippen LogP contribution is -2.28. The SMILES string of the molecule is CC1CCC[S+](=O)(O)C1. The number of rotatable bonds is 0. The molecule has 9 heavy (non-hydrogen) atoms. The molecular weight excluding hydrogens is 136 g/mol. The predicted molar refractivity (Wildman–Crippen MR) is 38.8 cm³/mol. The van der Waals surface area contributed by atoms with E-state index in [1.807, 2.05) is 6.92 Å². The second kappa shape index (κ2) is 2.39. The van der Waals surface area contributed by atoms with Gasteiger partial charge in [0, 0.05) is 5.92 Å². The fourth-order valence-corrected chi connectivity index (χ4v) is 3.11. The van der Waals surface area contributed by atoms with Gasteiger partial charge in [-0.1, -0.05) is 11.1 Å². The molecule has 0 spiro atoms. The average Bonchev–Trinajstić information content (AvgIpc) is 1.60. The van der Waals surface area contributed by atoms with Gasteiger partial charge in [0.05, 0.1) is 0 Å². The van der Waals surface area contributed by atoms with Crippen LogP contribution in [0, 0.1) is 5.92 Å². The van der Waals surface area contributed by atoms with Crippen LogP contribution in [-0.2, 0) is 14.4 Å². The molecule has 2 atom stereocenters. The molecule has 0 aromatic carbocycles.